The molecule has 0 aliphatic heterocycles. The molecule has 0 spiro atoms. The zero-order valence-corrected chi connectivity index (χ0v) is 10.2. The van der Waals surface area contributed by atoms with E-state index in [9.17, 15) is 4.79 Å². The molecule has 1 N–H and O–H groups in total. The summed E-state index contributed by atoms with van der Waals surface area (Å²) in [4.78, 5) is 14.8. The average Bonchev–Trinajstić information content (AvgIpc) is 2.46. The lowest BCUT2D eigenvalue weighted by atomic mass is 9.91. The monoisotopic (exact) mass is 227 g/mol. The van der Waals surface area contributed by atoms with Gasteiger partial charge in [0, 0.05) is 5.38 Å². The van der Waals surface area contributed by atoms with Crippen LogP contribution in [0, 0.1) is 5.41 Å². The van der Waals surface area contributed by atoms with Crippen LogP contribution in [0.1, 0.15) is 37.9 Å². The minimum absolute atomic E-state index is 0.0337. The molecule has 0 atom stereocenters. The molecule has 1 rings (SSSR count). The lowest BCUT2D eigenvalue weighted by Gasteiger charge is -2.16. The van der Waals surface area contributed by atoms with Gasteiger partial charge >= 0.3 is 5.97 Å². The first kappa shape index (κ1) is 12.2. The van der Waals surface area contributed by atoms with Gasteiger partial charge in [-0.3, -0.25) is 4.79 Å². The predicted octanol–water partition coefficient (Wildman–Crippen LogP) is 2.75. The van der Waals surface area contributed by atoms with E-state index in [0.717, 1.165) is 17.8 Å². The first-order chi connectivity index (χ1) is 6.87. The standard InChI is InChI=1S/C11H17NO2S/c1-11(2,3)5-4-9-12-8(7-15-9)6-10(13)14/h7H,4-6H2,1-3H3,(H,13,14). The van der Waals surface area contributed by atoms with Gasteiger partial charge in [0.25, 0.3) is 0 Å². The largest absolute Gasteiger partial charge is 0.481 e. The lowest BCUT2D eigenvalue weighted by Crippen LogP contribution is -2.06. The van der Waals surface area contributed by atoms with Crippen LogP contribution in [0.5, 0.6) is 0 Å². The third kappa shape index (κ3) is 4.93. The van der Waals surface area contributed by atoms with Gasteiger partial charge in [-0.2, -0.15) is 0 Å². The molecule has 0 amide bonds. The Hall–Kier alpha value is -0.900. The van der Waals surface area contributed by atoms with Gasteiger partial charge in [0.1, 0.15) is 0 Å². The Morgan fingerprint density at radius 2 is 2.20 bits per heavy atom. The number of hydrogen-bond acceptors (Lipinski definition) is 3. The third-order valence-electron chi connectivity index (χ3n) is 2.02. The highest BCUT2D eigenvalue weighted by Crippen LogP contribution is 2.22. The second kappa shape index (κ2) is 4.75. The molecule has 0 saturated heterocycles. The smallest absolute Gasteiger partial charge is 0.309 e. The van der Waals surface area contributed by atoms with Gasteiger partial charge < -0.3 is 5.11 Å². The molecular formula is C11H17NO2S. The normalized spacial score (nSPS) is 11.7. The zero-order chi connectivity index (χ0) is 11.5. The number of aryl methyl sites for hydroxylation is 1. The number of rotatable bonds is 4. The van der Waals surface area contributed by atoms with Gasteiger partial charge in [-0.25, -0.2) is 4.98 Å². The first-order valence-corrected chi connectivity index (χ1v) is 5.90. The van der Waals surface area contributed by atoms with Gasteiger partial charge in [0.15, 0.2) is 0 Å². The summed E-state index contributed by atoms with van der Waals surface area (Å²) in [7, 11) is 0. The van der Waals surface area contributed by atoms with Crippen molar-refractivity contribution in [2.75, 3.05) is 0 Å². The topological polar surface area (TPSA) is 50.2 Å². The van der Waals surface area contributed by atoms with E-state index < -0.39 is 5.97 Å². The fraction of sp³-hybridized carbons (Fsp3) is 0.636. The Kier molecular flexibility index (Phi) is 3.85. The van der Waals surface area contributed by atoms with E-state index in [0.29, 0.717) is 11.1 Å². The van der Waals surface area contributed by atoms with Crippen LogP contribution in [-0.2, 0) is 17.6 Å². The summed E-state index contributed by atoms with van der Waals surface area (Å²) in [6.45, 7) is 6.58. The van der Waals surface area contributed by atoms with Gasteiger partial charge in [-0.05, 0) is 18.3 Å². The van der Waals surface area contributed by atoms with E-state index in [1.807, 2.05) is 5.38 Å². The third-order valence-corrected chi connectivity index (χ3v) is 2.98. The van der Waals surface area contributed by atoms with Crippen molar-refractivity contribution in [1.82, 2.24) is 4.98 Å². The molecule has 0 saturated carbocycles. The molecule has 0 aromatic carbocycles. The number of carboxylic acid groups (broad SMARTS) is 1. The van der Waals surface area contributed by atoms with Crippen molar-refractivity contribution < 1.29 is 9.90 Å². The number of aromatic nitrogens is 1. The van der Waals surface area contributed by atoms with E-state index in [4.69, 9.17) is 5.11 Å². The van der Waals surface area contributed by atoms with Crippen LogP contribution in [0.3, 0.4) is 0 Å². The quantitative estimate of drug-likeness (QED) is 0.860. The van der Waals surface area contributed by atoms with Crippen LogP contribution in [0.15, 0.2) is 5.38 Å². The van der Waals surface area contributed by atoms with Crippen molar-refractivity contribution in [3.8, 4) is 0 Å². The Balaban J connectivity index is 2.50. The SMILES string of the molecule is CC(C)(C)CCc1nc(CC(=O)O)cs1. The van der Waals surface area contributed by atoms with E-state index >= 15 is 0 Å². The van der Waals surface area contributed by atoms with E-state index in [1.54, 1.807) is 11.3 Å². The van der Waals surface area contributed by atoms with Gasteiger partial charge in [-0.15, -0.1) is 11.3 Å². The predicted molar refractivity (Wildman–Crippen MR) is 61.2 cm³/mol. The fourth-order valence-electron chi connectivity index (χ4n) is 1.18. The fourth-order valence-corrected chi connectivity index (χ4v) is 1.98. The van der Waals surface area contributed by atoms with Crippen molar-refractivity contribution in [3.63, 3.8) is 0 Å². The average molecular weight is 227 g/mol. The molecule has 84 valence electrons. The second-order valence-electron chi connectivity index (χ2n) is 4.86. The molecule has 0 fully saturated rings. The molecule has 1 aromatic rings. The Morgan fingerprint density at radius 3 is 2.73 bits per heavy atom. The Morgan fingerprint density at radius 1 is 1.53 bits per heavy atom. The summed E-state index contributed by atoms with van der Waals surface area (Å²) in [5, 5.41) is 11.5. The van der Waals surface area contributed by atoms with E-state index in [1.165, 1.54) is 0 Å². The Bertz CT molecular complexity index is 339. The number of nitrogens with zero attached hydrogens (tertiary/aromatic N) is 1. The van der Waals surface area contributed by atoms with Crippen LogP contribution in [0.2, 0.25) is 0 Å². The van der Waals surface area contributed by atoms with Crippen molar-refractivity contribution in [1.29, 1.82) is 0 Å². The van der Waals surface area contributed by atoms with Crippen molar-refractivity contribution >= 4 is 17.3 Å². The maximum absolute atomic E-state index is 10.5. The van der Waals surface area contributed by atoms with E-state index in [2.05, 4.69) is 25.8 Å². The summed E-state index contributed by atoms with van der Waals surface area (Å²) < 4.78 is 0. The highest BCUT2D eigenvalue weighted by Gasteiger charge is 2.12. The summed E-state index contributed by atoms with van der Waals surface area (Å²) in [5.74, 6) is -0.817. The van der Waals surface area contributed by atoms with Crippen LogP contribution >= 0.6 is 11.3 Å². The van der Waals surface area contributed by atoms with Crippen molar-refractivity contribution in [2.24, 2.45) is 5.41 Å². The zero-order valence-electron chi connectivity index (χ0n) is 9.41. The lowest BCUT2D eigenvalue weighted by molar-refractivity contribution is -0.136. The summed E-state index contributed by atoms with van der Waals surface area (Å²) in [6, 6.07) is 0. The molecule has 0 unspecified atom stereocenters. The molecule has 1 heterocycles. The molecule has 0 radical (unpaired) electrons. The highest BCUT2D eigenvalue weighted by molar-refractivity contribution is 7.09. The molecule has 0 bridgehead atoms. The number of hydrogen-bond donors (Lipinski definition) is 1. The van der Waals surface area contributed by atoms with E-state index in [-0.39, 0.29) is 6.42 Å². The molecule has 1 aromatic heterocycles. The van der Waals surface area contributed by atoms with Gasteiger partial charge in [0.2, 0.25) is 0 Å². The maximum atomic E-state index is 10.5. The number of aliphatic carboxylic acids is 1. The molecule has 15 heavy (non-hydrogen) atoms. The Labute approximate surface area is 94.2 Å². The molecule has 0 aliphatic carbocycles. The summed E-state index contributed by atoms with van der Waals surface area (Å²) in [6.07, 6.45) is 2.05. The minimum Gasteiger partial charge on any atom is -0.481 e. The molecule has 0 aliphatic rings. The van der Waals surface area contributed by atoms with Crippen molar-refractivity contribution in [3.05, 3.63) is 16.1 Å². The van der Waals surface area contributed by atoms with Crippen molar-refractivity contribution in [2.45, 2.75) is 40.0 Å². The number of thiazole rings is 1. The van der Waals surface area contributed by atoms with Crippen LogP contribution in [-0.4, -0.2) is 16.1 Å². The molecular weight excluding hydrogens is 210 g/mol. The highest BCUT2D eigenvalue weighted by atomic mass is 32.1. The molecule has 3 nitrogen and oxygen atoms in total. The second-order valence-corrected chi connectivity index (χ2v) is 5.81. The van der Waals surface area contributed by atoms with Gasteiger partial charge in [-0.1, -0.05) is 20.8 Å². The van der Waals surface area contributed by atoms with Gasteiger partial charge in [0.05, 0.1) is 17.1 Å². The van der Waals surface area contributed by atoms with Crippen LogP contribution in [0.4, 0.5) is 0 Å². The minimum atomic E-state index is -0.817. The van der Waals surface area contributed by atoms with Crippen LogP contribution < -0.4 is 0 Å². The first-order valence-electron chi connectivity index (χ1n) is 5.02. The number of carboxylic acids is 1. The summed E-state index contributed by atoms with van der Waals surface area (Å²) >= 11 is 1.56. The number of carbonyl (C=O) groups is 1. The maximum Gasteiger partial charge on any atom is 0.309 e. The summed E-state index contributed by atoms with van der Waals surface area (Å²) in [5.41, 5.74) is 0.981. The molecule has 4 heteroatoms. The van der Waals surface area contributed by atoms with Crippen LogP contribution in [0.25, 0.3) is 0 Å².